The van der Waals surface area contributed by atoms with Crippen LogP contribution < -0.4 is 10.0 Å². The van der Waals surface area contributed by atoms with Gasteiger partial charge in [-0.25, -0.2) is 10.1 Å². The molecule has 5 rings (SSSR count). The highest BCUT2D eigenvalue weighted by molar-refractivity contribution is 7.51. The van der Waals surface area contributed by atoms with Crippen molar-refractivity contribution in [2.24, 2.45) is 44.9 Å². The van der Waals surface area contributed by atoms with Crippen molar-refractivity contribution >= 4 is 7.75 Å². The molecular formula is C36H56NO3P. The number of hydrogen-bond acceptors (Lipinski definition) is 3. The van der Waals surface area contributed by atoms with E-state index in [2.05, 4.69) is 61.5 Å². The molecule has 2 N–H and O–H groups in total. The van der Waals surface area contributed by atoms with Crippen LogP contribution >= 0.6 is 7.75 Å². The number of rotatable bonds is 8. The van der Waals surface area contributed by atoms with Crippen LogP contribution in [-0.4, -0.2) is 6.10 Å². The average Bonchev–Trinajstić information content (AvgIpc) is 3.17. The highest BCUT2D eigenvalue weighted by atomic mass is 31.2. The molecule has 0 aromatic heterocycles. The lowest BCUT2D eigenvalue weighted by Gasteiger charge is -2.62. The summed E-state index contributed by atoms with van der Waals surface area (Å²) in [5.74, 6) is 2.53. The lowest BCUT2D eigenvalue weighted by molar-refractivity contribution is -0.0875. The number of benzene rings is 1. The Morgan fingerprint density at radius 1 is 1.00 bits per heavy atom. The van der Waals surface area contributed by atoms with Gasteiger partial charge in [-0.2, -0.15) is 0 Å². The third-order valence-corrected chi connectivity index (χ3v) is 13.9. The Morgan fingerprint density at radius 3 is 2.39 bits per heavy atom. The van der Waals surface area contributed by atoms with E-state index in [9.17, 15) is 4.57 Å². The summed E-state index contributed by atoms with van der Waals surface area (Å²) in [6.45, 7) is 19.5. The highest BCUT2D eigenvalue weighted by Crippen LogP contribution is 2.73. The third kappa shape index (κ3) is 5.33. The van der Waals surface area contributed by atoms with Crippen LogP contribution in [0.25, 0.3) is 0 Å². The first-order valence-electron chi connectivity index (χ1n) is 16.3. The van der Waals surface area contributed by atoms with E-state index in [4.69, 9.17) is 14.6 Å². The zero-order valence-corrected chi connectivity index (χ0v) is 28.0. The van der Waals surface area contributed by atoms with Gasteiger partial charge < -0.3 is 4.52 Å². The van der Waals surface area contributed by atoms with Crippen LogP contribution in [0.3, 0.4) is 0 Å². The Hall–Kier alpha value is -1.35. The Kier molecular flexibility index (Phi) is 8.32. The Bertz CT molecular complexity index is 1230. The quantitative estimate of drug-likeness (QED) is 0.245. The first-order valence-corrected chi connectivity index (χ1v) is 17.9. The molecule has 41 heavy (non-hydrogen) atoms. The van der Waals surface area contributed by atoms with Crippen molar-refractivity contribution in [1.82, 2.24) is 0 Å². The van der Waals surface area contributed by atoms with Gasteiger partial charge in [0.25, 0.3) is 0 Å². The number of para-hydroxylation sites is 1. The molecule has 0 bridgehead atoms. The molecule has 0 radical (unpaired) electrons. The maximum Gasteiger partial charge on any atom is 0.456 e. The molecule has 0 heterocycles. The SMILES string of the molecule is CC(C)=CCC[C@@H](C)[C@H]1CC[C@@]2(C)C3=C(CC[C@]12C)[C@@]1(C)CC[C@H](OP(N)(=O)Oc2ccccc2)C(C)(C)C1CC3. The topological polar surface area (TPSA) is 61.5 Å². The van der Waals surface area contributed by atoms with Crippen molar-refractivity contribution in [3.05, 3.63) is 53.1 Å². The Labute approximate surface area is 250 Å². The van der Waals surface area contributed by atoms with Crippen LogP contribution in [-0.2, 0) is 9.09 Å². The second-order valence-electron chi connectivity index (χ2n) is 15.6. The van der Waals surface area contributed by atoms with Crippen LogP contribution in [0.5, 0.6) is 5.75 Å². The van der Waals surface area contributed by atoms with Crippen molar-refractivity contribution in [1.29, 1.82) is 0 Å². The summed E-state index contributed by atoms with van der Waals surface area (Å²) < 4.78 is 25.2. The molecule has 2 unspecified atom stereocenters. The fourth-order valence-electron chi connectivity index (χ4n) is 10.5. The number of fused-ring (bicyclic) bond motifs is 4. The van der Waals surface area contributed by atoms with E-state index in [1.165, 1.54) is 56.9 Å². The van der Waals surface area contributed by atoms with E-state index in [0.717, 1.165) is 24.7 Å². The molecule has 4 aliphatic rings. The van der Waals surface area contributed by atoms with Crippen molar-refractivity contribution in [2.45, 2.75) is 126 Å². The summed E-state index contributed by atoms with van der Waals surface area (Å²) in [5, 5.41) is 0. The first-order chi connectivity index (χ1) is 19.1. The minimum Gasteiger partial charge on any atom is -0.413 e. The molecule has 2 saturated carbocycles. The summed E-state index contributed by atoms with van der Waals surface area (Å²) in [4.78, 5) is 0. The lowest BCUT2D eigenvalue weighted by Crippen LogP contribution is -2.55. The average molecular weight is 582 g/mol. The number of allylic oxidation sites excluding steroid dienone is 4. The summed E-state index contributed by atoms with van der Waals surface area (Å²) in [6, 6.07) is 9.16. The lowest BCUT2D eigenvalue weighted by atomic mass is 9.43. The van der Waals surface area contributed by atoms with E-state index in [-0.39, 0.29) is 16.9 Å². The molecule has 5 heteroatoms. The normalized spacial score (nSPS) is 38.2. The first kappa shape index (κ1) is 31.1. The van der Waals surface area contributed by atoms with Gasteiger partial charge in [0, 0.05) is 0 Å². The minimum absolute atomic E-state index is 0.153. The predicted octanol–water partition coefficient (Wildman–Crippen LogP) is 10.6. The Balaban J connectivity index is 1.37. The zero-order chi connectivity index (χ0) is 29.8. The van der Waals surface area contributed by atoms with Crippen LogP contribution in [0.1, 0.15) is 120 Å². The van der Waals surface area contributed by atoms with Crippen LogP contribution in [0.15, 0.2) is 53.1 Å². The van der Waals surface area contributed by atoms with Gasteiger partial charge in [-0.3, -0.25) is 4.52 Å². The van der Waals surface area contributed by atoms with Crippen LogP contribution in [0.4, 0.5) is 0 Å². The Morgan fingerprint density at radius 2 is 1.71 bits per heavy atom. The molecule has 0 saturated heterocycles. The van der Waals surface area contributed by atoms with Crippen LogP contribution in [0.2, 0.25) is 0 Å². The fraction of sp³-hybridized carbons (Fsp3) is 0.722. The van der Waals surface area contributed by atoms with Crippen molar-refractivity contribution in [3.63, 3.8) is 0 Å². The summed E-state index contributed by atoms with van der Waals surface area (Å²) in [7, 11) is -3.74. The minimum atomic E-state index is -3.74. The van der Waals surface area contributed by atoms with Gasteiger partial charge >= 0.3 is 7.75 Å². The van der Waals surface area contributed by atoms with Gasteiger partial charge in [-0.1, -0.05) is 82.5 Å². The third-order valence-electron chi connectivity index (χ3n) is 12.9. The molecule has 0 amide bonds. The molecule has 228 valence electrons. The van der Waals surface area contributed by atoms with Crippen molar-refractivity contribution in [3.8, 4) is 5.75 Å². The summed E-state index contributed by atoms with van der Waals surface area (Å²) in [6.07, 6.45) is 14.3. The summed E-state index contributed by atoms with van der Waals surface area (Å²) >= 11 is 0. The molecular weight excluding hydrogens is 525 g/mol. The zero-order valence-electron chi connectivity index (χ0n) is 27.1. The van der Waals surface area contributed by atoms with Crippen molar-refractivity contribution < 1.29 is 13.6 Å². The van der Waals surface area contributed by atoms with E-state index in [0.29, 0.717) is 22.5 Å². The van der Waals surface area contributed by atoms with Gasteiger partial charge in [-0.05, 0) is 130 Å². The summed E-state index contributed by atoms with van der Waals surface area (Å²) in [5.41, 5.74) is 11.9. The molecule has 4 nitrogen and oxygen atoms in total. The van der Waals surface area contributed by atoms with E-state index in [1.807, 2.05) is 23.8 Å². The maximum absolute atomic E-state index is 13.3. The van der Waals surface area contributed by atoms with E-state index >= 15 is 0 Å². The van der Waals surface area contributed by atoms with Gasteiger partial charge in [0.05, 0.1) is 6.10 Å². The van der Waals surface area contributed by atoms with Gasteiger partial charge in [-0.15, -0.1) is 0 Å². The van der Waals surface area contributed by atoms with E-state index < -0.39 is 7.75 Å². The highest BCUT2D eigenvalue weighted by Gasteiger charge is 2.63. The maximum atomic E-state index is 13.3. The standard InChI is InChI=1S/C36H56NO3P/c1-25(2)13-12-14-26(3)28-19-23-36(8)30-17-18-31-33(4,5)32(40-41(37,38)39-27-15-10-9-11-16-27)21-22-34(31,6)29(30)20-24-35(28,36)7/h9-11,13,15-16,26,28,31-32H,12,14,17-24H2,1-8H3,(H2,37,38)/t26-,28-,31?,32+,34-,35-,36+,41?/m1/s1. The fourth-order valence-corrected chi connectivity index (χ4v) is 11.7. The molecule has 1 aromatic carbocycles. The van der Waals surface area contributed by atoms with Gasteiger partial charge in [0.2, 0.25) is 0 Å². The van der Waals surface area contributed by atoms with Gasteiger partial charge in [0.1, 0.15) is 5.75 Å². The second kappa shape index (κ2) is 11.0. The monoisotopic (exact) mass is 581 g/mol. The molecule has 1 aromatic rings. The number of hydrogen-bond donors (Lipinski definition) is 1. The van der Waals surface area contributed by atoms with E-state index in [1.54, 1.807) is 17.7 Å². The molecule has 8 atom stereocenters. The molecule has 0 spiro atoms. The smallest absolute Gasteiger partial charge is 0.413 e. The van der Waals surface area contributed by atoms with Gasteiger partial charge in [0.15, 0.2) is 0 Å². The molecule has 0 aliphatic heterocycles. The van der Waals surface area contributed by atoms with Crippen LogP contribution in [0, 0.1) is 39.4 Å². The second-order valence-corrected chi connectivity index (χ2v) is 17.1. The van der Waals surface area contributed by atoms with Crippen molar-refractivity contribution in [2.75, 3.05) is 0 Å². The molecule has 4 aliphatic carbocycles. The largest absolute Gasteiger partial charge is 0.456 e. The predicted molar refractivity (Wildman–Crippen MR) is 171 cm³/mol. The molecule has 2 fully saturated rings. The number of nitrogens with two attached hydrogens (primary N) is 1.